The molecule has 7 nitrogen and oxygen atoms in total. The SMILES string of the molecule is CC(C)NC(=O)C1CCN(C(=O)c2nnn(-c3ccccc3)c2C2CC2)CC1. The van der Waals surface area contributed by atoms with Crippen LogP contribution in [0.25, 0.3) is 5.69 Å². The monoisotopic (exact) mass is 381 g/mol. The second kappa shape index (κ2) is 7.73. The lowest BCUT2D eigenvalue weighted by Crippen LogP contribution is -2.44. The predicted octanol–water partition coefficient (Wildman–Crippen LogP) is 2.52. The van der Waals surface area contributed by atoms with Crippen molar-refractivity contribution in [1.82, 2.24) is 25.2 Å². The molecule has 0 bridgehead atoms. The van der Waals surface area contributed by atoms with Crippen LogP contribution in [0.5, 0.6) is 0 Å². The first-order chi connectivity index (χ1) is 13.5. The number of benzene rings is 1. The fourth-order valence-corrected chi connectivity index (χ4v) is 3.82. The molecule has 0 spiro atoms. The molecule has 4 rings (SSSR count). The molecule has 2 aliphatic rings. The summed E-state index contributed by atoms with van der Waals surface area (Å²) in [5, 5.41) is 11.5. The number of nitrogens with one attached hydrogen (secondary N) is 1. The van der Waals surface area contributed by atoms with Gasteiger partial charge in [0.1, 0.15) is 0 Å². The number of likely N-dealkylation sites (tertiary alicyclic amines) is 1. The number of carbonyl (C=O) groups is 2. The van der Waals surface area contributed by atoms with Gasteiger partial charge >= 0.3 is 0 Å². The Kier molecular flexibility index (Phi) is 5.15. The highest BCUT2D eigenvalue weighted by molar-refractivity contribution is 5.94. The van der Waals surface area contributed by atoms with Crippen LogP contribution in [-0.2, 0) is 4.79 Å². The minimum Gasteiger partial charge on any atom is -0.354 e. The van der Waals surface area contributed by atoms with E-state index in [9.17, 15) is 9.59 Å². The molecule has 1 aromatic carbocycles. The van der Waals surface area contributed by atoms with Crippen LogP contribution in [-0.4, -0.2) is 50.8 Å². The minimum atomic E-state index is -0.0631. The Bertz CT molecular complexity index is 849. The molecule has 1 N–H and O–H groups in total. The number of hydrogen-bond acceptors (Lipinski definition) is 4. The first-order valence-electron chi connectivity index (χ1n) is 10.1. The van der Waals surface area contributed by atoms with Gasteiger partial charge in [-0.3, -0.25) is 9.59 Å². The van der Waals surface area contributed by atoms with Gasteiger partial charge in [-0.05, 0) is 51.7 Å². The Morgan fingerprint density at radius 1 is 1.07 bits per heavy atom. The van der Waals surface area contributed by atoms with E-state index in [0.29, 0.717) is 37.5 Å². The van der Waals surface area contributed by atoms with Gasteiger partial charge < -0.3 is 10.2 Å². The molecule has 28 heavy (non-hydrogen) atoms. The molecule has 0 unspecified atom stereocenters. The number of piperidine rings is 1. The van der Waals surface area contributed by atoms with Crippen LogP contribution in [0.15, 0.2) is 30.3 Å². The molecule has 0 atom stereocenters. The fraction of sp³-hybridized carbons (Fsp3) is 0.524. The van der Waals surface area contributed by atoms with Crippen molar-refractivity contribution in [3.8, 4) is 5.69 Å². The van der Waals surface area contributed by atoms with E-state index in [1.165, 1.54) is 0 Å². The van der Waals surface area contributed by atoms with E-state index in [2.05, 4.69) is 15.6 Å². The zero-order valence-corrected chi connectivity index (χ0v) is 16.5. The number of carbonyl (C=O) groups excluding carboxylic acids is 2. The van der Waals surface area contributed by atoms with E-state index in [-0.39, 0.29) is 23.8 Å². The zero-order valence-electron chi connectivity index (χ0n) is 16.5. The van der Waals surface area contributed by atoms with Crippen LogP contribution in [0.1, 0.15) is 61.6 Å². The topological polar surface area (TPSA) is 80.1 Å². The minimum absolute atomic E-state index is 0.0191. The summed E-state index contributed by atoms with van der Waals surface area (Å²) >= 11 is 0. The predicted molar refractivity (Wildman–Crippen MR) is 105 cm³/mol. The van der Waals surface area contributed by atoms with Crippen molar-refractivity contribution in [1.29, 1.82) is 0 Å². The van der Waals surface area contributed by atoms with Crippen LogP contribution in [0.3, 0.4) is 0 Å². The maximum absolute atomic E-state index is 13.2. The van der Waals surface area contributed by atoms with Crippen molar-refractivity contribution < 1.29 is 9.59 Å². The third kappa shape index (κ3) is 3.79. The highest BCUT2D eigenvalue weighted by Crippen LogP contribution is 2.42. The van der Waals surface area contributed by atoms with Gasteiger partial charge in [-0.2, -0.15) is 0 Å². The third-order valence-electron chi connectivity index (χ3n) is 5.46. The number of amides is 2. The molecule has 1 aromatic heterocycles. The lowest BCUT2D eigenvalue weighted by molar-refractivity contribution is -0.126. The first kappa shape index (κ1) is 18.7. The van der Waals surface area contributed by atoms with Crippen molar-refractivity contribution in [2.24, 2.45) is 5.92 Å². The van der Waals surface area contributed by atoms with E-state index in [1.807, 2.05) is 53.8 Å². The van der Waals surface area contributed by atoms with Gasteiger partial charge in [-0.1, -0.05) is 23.4 Å². The molecular formula is C21H27N5O2. The zero-order chi connectivity index (χ0) is 19.7. The summed E-state index contributed by atoms with van der Waals surface area (Å²) in [7, 11) is 0. The second-order valence-electron chi connectivity index (χ2n) is 8.07. The molecule has 2 heterocycles. The van der Waals surface area contributed by atoms with Gasteiger partial charge in [0.25, 0.3) is 5.91 Å². The largest absolute Gasteiger partial charge is 0.354 e. The van der Waals surface area contributed by atoms with Crippen molar-refractivity contribution in [2.75, 3.05) is 13.1 Å². The van der Waals surface area contributed by atoms with Gasteiger partial charge in [0.2, 0.25) is 5.91 Å². The molecular weight excluding hydrogens is 354 g/mol. The van der Waals surface area contributed by atoms with Crippen LogP contribution in [0.2, 0.25) is 0 Å². The Morgan fingerprint density at radius 3 is 2.36 bits per heavy atom. The Balaban J connectivity index is 1.49. The number of hydrogen-bond donors (Lipinski definition) is 1. The van der Waals surface area contributed by atoms with Crippen LogP contribution in [0, 0.1) is 5.92 Å². The maximum Gasteiger partial charge on any atom is 0.276 e. The highest BCUT2D eigenvalue weighted by Gasteiger charge is 2.37. The summed E-state index contributed by atoms with van der Waals surface area (Å²) in [6, 6.07) is 9.98. The van der Waals surface area contributed by atoms with E-state index >= 15 is 0 Å². The first-order valence-corrected chi connectivity index (χ1v) is 10.1. The molecule has 1 aliphatic carbocycles. The van der Waals surface area contributed by atoms with E-state index < -0.39 is 0 Å². The van der Waals surface area contributed by atoms with Gasteiger partial charge in [-0.25, -0.2) is 4.68 Å². The fourth-order valence-electron chi connectivity index (χ4n) is 3.82. The second-order valence-corrected chi connectivity index (χ2v) is 8.07. The molecule has 0 radical (unpaired) electrons. The number of aromatic nitrogens is 3. The smallest absolute Gasteiger partial charge is 0.276 e. The van der Waals surface area contributed by atoms with Gasteiger partial charge in [0.15, 0.2) is 5.69 Å². The van der Waals surface area contributed by atoms with Crippen molar-refractivity contribution in [3.63, 3.8) is 0 Å². The number of nitrogens with zero attached hydrogens (tertiary/aromatic N) is 4. The lowest BCUT2D eigenvalue weighted by atomic mass is 9.95. The van der Waals surface area contributed by atoms with Crippen molar-refractivity contribution in [2.45, 2.75) is 51.5 Å². The Labute approximate surface area is 165 Å². The molecule has 7 heteroatoms. The van der Waals surface area contributed by atoms with E-state index in [0.717, 1.165) is 24.2 Å². The molecule has 2 amide bonds. The Morgan fingerprint density at radius 2 is 1.75 bits per heavy atom. The van der Waals surface area contributed by atoms with Crippen LogP contribution in [0.4, 0.5) is 0 Å². The molecule has 1 saturated carbocycles. The summed E-state index contributed by atoms with van der Waals surface area (Å²) in [6.45, 7) is 5.09. The highest BCUT2D eigenvalue weighted by atomic mass is 16.2. The number of para-hydroxylation sites is 1. The van der Waals surface area contributed by atoms with Crippen LogP contribution >= 0.6 is 0 Å². The van der Waals surface area contributed by atoms with E-state index in [1.54, 1.807) is 0 Å². The standard InChI is InChI=1S/C21H27N5O2/c1-14(2)22-20(27)16-10-12-25(13-11-16)21(28)18-19(15-8-9-15)26(24-23-18)17-6-4-3-5-7-17/h3-7,14-16H,8-13H2,1-2H3,(H,22,27). The normalized spacial score (nSPS) is 17.8. The van der Waals surface area contributed by atoms with Gasteiger partial charge in [0.05, 0.1) is 11.4 Å². The number of rotatable bonds is 5. The summed E-state index contributed by atoms with van der Waals surface area (Å²) in [5.74, 6) is 0.362. The third-order valence-corrected chi connectivity index (χ3v) is 5.46. The quantitative estimate of drug-likeness (QED) is 0.863. The van der Waals surface area contributed by atoms with Crippen molar-refractivity contribution in [3.05, 3.63) is 41.7 Å². The average Bonchev–Trinajstić information content (AvgIpc) is 3.45. The summed E-state index contributed by atoms with van der Waals surface area (Å²) in [5.41, 5.74) is 2.33. The molecule has 2 fully saturated rings. The maximum atomic E-state index is 13.2. The molecule has 1 saturated heterocycles. The van der Waals surface area contributed by atoms with E-state index in [4.69, 9.17) is 0 Å². The van der Waals surface area contributed by atoms with Crippen molar-refractivity contribution >= 4 is 11.8 Å². The van der Waals surface area contributed by atoms with Gasteiger partial charge in [-0.15, -0.1) is 5.10 Å². The molecule has 1 aliphatic heterocycles. The Hall–Kier alpha value is -2.70. The lowest BCUT2D eigenvalue weighted by Gasteiger charge is -2.31. The van der Waals surface area contributed by atoms with Crippen LogP contribution < -0.4 is 5.32 Å². The summed E-state index contributed by atoms with van der Waals surface area (Å²) in [4.78, 5) is 27.2. The molecule has 148 valence electrons. The van der Waals surface area contributed by atoms with Gasteiger partial charge in [0, 0.05) is 31.0 Å². The average molecular weight is 381 g/mol. The summed E-state index contributed by atoms with van der Waals surface area (Å²) in [6.07, 6.45) is 3.52. The molecule has 2 aromatic rings. The summed E-state index contributed by atoms with van der Waals surface area (Å²) < 4.78 is 1.81.